The summed E-state index contributed by atoms with van der Waals surface area (Å²) in [5.41, 5.74) is 2.62. The SMILES string of the molecule is Cc1nc2ccc3sc(Nc4cc(C(=O)O)ccc4OC(C)C)nc3c2s1. The summed E-state index contributed by atoms with van der Waals surface area (Å²) in [5, 5.41) is 14.2. The van der Waals surface area contributed by atoms with Crippen LogP contribution in [0, 0.1) is 6.92 Å². The summed E-state index contributed by atoms with van der Waals surface area (Å²) in [5.74, 6) is -0.395. The van der Waals surface area contributed by atoms with E-state index in [0.717, 1.165) is 25.4 Å². The third-order valence-electron chi connectivity index (χ3n) is 3.85. The van der Waals surface area contributed by atoms with Crippen LogP contribution in [0.4, 0.5) is 10.8 Å². The minimum atomic E-state index is -0.986. The van der Waals surface area contributed by atoms with Gasteiger partial charge < -0.3 is 15.2 Å². The summed E-state index contributed by atoms with van der Waals surface area (Å²) >= 11 is 3.13. The molecule has 6 nitrogen and oxygen atoms in total. The highest BCUT2D eigenvalue weighted by Crippen LogP contribution is 2.37. The number of carboxylic acid groups (broad SMARTS) is 1. The van der Waals surface area contributed by atoms with Crippen LogP contribution < -0.4 is 10.1 Å². The van der Waals surface area contributed by atoms with Gasteiger partial charge in [-0.1, -0.05) is 11.3 Å². The van der Waals surface area contributed by atoms with E-state index in [1.165, 1.54) is 17.4 Å². The number of aryl methyl sites for hydroxylation is 1. The minimum absolute atomic E-state index is 0.0311. The zero-order valence-electron chi connectivity index (χ0n) is 14.9. The van der Waals surface area contributed by atoms with Crippen LogP contribution in [-0.4, -0.2) is 27.1 Å². The molecule has 0 atom stereocenters. The minimum Gasteiger partial charge on any atom is -0.489 e. The van der Waals surface area contributed by atoms with Gasteiger partial charge in [-0.25, -0.2) is 14.8 Å². The third kappa shape index (κ3) is 3.45. The fourth-order valence-electron chi connectivity index (χ4n) is 2.77. The highest BCUT2D eigenvalue weighted by atomic mass is 32.1. The number of hydrogen-bond acceptors (Lipinski definition) is 7. The molecule has 0 spiro atoms. The standard InChI is InChI=1S/C19H17N3O3S2/c1-9(2)25-14-6-4-11(18(23)24)8-13(14)21-19-22-16-15(27-19)7-5-12-17(16)26-10(3)20-12/h4-9H,1-3H3,(H,21,22)(H,23,24). The molecule has 2 N–H and O–H groups in total. The molecule has 2 heterocycles. The van der Waals surface area contributed by atoms with Gasteiger partial charge in [0.2, 0.25) is 0 Å². The van der Waals surface area contributed by atoms with Crippen LogP contribution in [0.15, 0.2) is 30.3 Å². The first-order chi connectivity index (χ1) is 12.9. The Balaban J connectivity index is 1.77. The maximum absolute atomic E-state index is 11.3. The number of carboxylic acids is 1. The quantitative estimate of drug-likeness (QED) is 0.465. The molecule has 138 valence electrons. The second-order valence-electron chi connectivity index (χ2n) is 6.32. The molecule has 8 heteroatoms. The molecule has 2 aromatic heterocycles. The molecule has 4 rings (SSSR count). The first kappa shape index (κ1) is 17.7. The van der Waals surface area contributed by atoms with E-state index >= 15 is 0 Å². The predicted octanol–water partition coefficient (Wildman–Crippen LogP) is 5.44. The lowest BCUT2D eigenvalue weighted by Gasteiger charge is -2.15. The van der Waals surface area contributed by atoms with Crippen molar-refractivity contribution in [2.24, 2.45) is 0 Å². The average molecular weight is 399 g/mol. The number of carbonyl (C=O) groups is 1. The Bertz CT molecular complexity index is 1160. The Labute approximate surface area is 163 Å². The van der Waals surface area contributed by atoms with Crippen molar-refractivity contribution in [3.63, 3.8) is 0 Å². The average Bonchev–Trinajstić information content (AvgIpc) is 3.17. The maximum atomic E-state index is 11.3. The lowest BCUT2D eigenvalue weighted by Crippen LogP contribution is -2.08. The number of ether oxygens (including phenoxy) is 1. The molecule has 4 aromatic rings. The van der Waals surface area contributed by atoms with Gasteiger partial charge in [0.25, 0.3) is 0 Å². The monoisotopic (exact) mass is 399 g/mol. The summed E-state index contributed by atoms with van der Waals surface area (Å²) in [6.45, 7) is 5.83. The molecular weight excluding hydrogens is 382 g/mol. The van der Waals surface area contributed by atoms with E-state index in [1.807, 2.05) is 32.9 Å². The Kier molecular flexibility index (Phi) is 4.45. The van der Waals surface area contributed by atoms with Crippen molar-refractivity contribution in [3.05, 3.63) is 40.9 Å². The predicted molar refractivity (Wildman–Crippen MR) is 110 cm³/mol. The van der Waals surface area contributed by atoms with E-state index in [2.05, 4.69) is 10.3 Å². The smallest absolute Gasteiger partial charge is 0.335 e. The van der Waals surface area contributed by atoms with Gasteiger partial charge in [0.15, 0.2) is 5.13 Å². The normalized spacial score (nSPS) is 11.4. The lowest BCUT2D eigenvalue weighted by molar-refractivity contribution is 0.0697. The van der Waals surface area contributed by atoms with Crippen LogP contribution in [-0.2, 0) is 0 Å². The van der Waals surface area contributed by atoms with Gasteiger partial charge in [0, 0.05) is 0 Å². The fourth-order valence-corrected chi connectivity index (χ4v) is 4.64. The molecule has 0 bridgehead atoms. The van der Waals surface area contributed by atoms with E-state index in [-0.39, 0.29) is 11.7 Å². The molecule has 0 radical (unpaired) electrons. The number of fused-ring (bicyclic) bond motifs is 3. The van der Waals surface area contributed by atoms with Crippen LogP contribution in [0.3, 0.4) is 0 Å². The number of hydrogen-bond donors (Lipinski definition) is 2. The van der Waals surface area contributed by atoms with Gasteiger partial charge in [-0.3, -0.25) is 0 Å². The highest BCUT2D eigenvalue weighted by Gasteiger charge is 2.15. The number of anilines is 2. The fraction of sp³-hybridized carbons (Fsp3) is 0.211. The van der Waals surface area contributed by atoms with Gasteiger partial charge in [0.05, 0.1) is 37.3 Å². The summed E-state index contributed by atoms with van der Waals surface area (Å²) in [4.78, 5) is 20.6. The van der Waals surface area contributed by atoms with E-state index < -0.39 is 5.97 Å². The van der Waals surface area contributed by atoms with Crippen molar-refractivity contribution in [2.75, 3.05) is 5.32 Å². The Morgan fingerprint density at radius 2 is 2.00 bits per heavy atom. The van der Waals surface area contributed by atoms with Gasteiger partial charge in [0.1, 0.15) is 11.3 Å². The molecule has 0 saturated carbocycles. The van der Waals surface area contributed by atoms with Crippen LogP contribution in [0.5, 0.6) is 5.75 Å². The molecule has 0 saturated heterocycles. The first-order valence-corrected chi connectivity index (χ1v) is 10.0. The second-order valence-corrected chi connectivity index (χ2v) is 8.55. The summed E-state index contributed by atoms with van der Waals surface area (Å²) in [6, 6.07) is 8.79. The van der Waals surface area contributed by atoms with Crippen molar-refractivity contribution < 1.29 is 14.6 Å². The second kappa shape index (κ2) is 6.79. The topological polar surface area (TPSA) is 84.3 Å². The number of aromatic nitrogens is 2. The molecule has 0 aliphatic rings. The zero-order chi connectivity index (χ0) is 19.1. The van der Waals surface area contributed by atoms with Gasteiger partial charge >= 0.3 is 5.97 Å². The highest BCUT2D eigenvalue weighted by molar-refractivity contribution is 7.24. The molecule has 2 aromatic carbocycles. The van der Waals surface area contributed by atoms with Gasteiger partial charge in [-0.15, -0.1) is 11.3 Å². The van der Waals surface area contributed by atoms with Crippen molar-refractivity contribution in [2.45, 2.75) is 26.9 Å². The zero-order valence-corrected chi connectivity index (χ0v) is 16.6. The summed E-state index contributed by atoms with van der Waals surface area (Å²) in [6.07, 6.45) is -0.0311. The number of aromatic carboxylic acids is 1. The van der Waals surface area contributed by atoms with Crippen molar-refractivity contribution in [1.29, 1.82) is 0 Å². The molecule has 0 aliphatic heterocycles. The molecule has 27 heavy (non-hydrogen) atoms. The third-order valence-corrected chi connectivity index (χ3v) is 5.78. The molecule has 0 fully saturated rings. The lowest BCUT2D eigenvalue weighted by atomic mass is 10.2. The van der Waals surface area contributed by atoms with Crippen molar-refractivity contribution in [3.8, 4) is 5.75 Å². The molecule has 0 amide bonds. The van der Waals surface area contributed by atoms with Crippen molar-refractivity contribution in [1.82, 2.24) is 9.97 Å². The van der Waals surface area contributed by atoms with E-state index in [1.54, 1.807) is 23.5 Å². The number of rotatable bonds is 5. The Morgan fingerprint density at radius 3 is 2.74 bits per heavy atom. The number of thiazole rings is 2. The van der Waals surface area contributed by atoms with Crippen LogP contribution in [0.25, 0.3) is 20.4 Å². The van der Waals surface area contributed by atoms with E-state index in [0.29, 0.717) is 16.6 Å². The summed E-state index contributed by atoms with van der Waals surface area (Å²) in [7, 11) is 0. The van der Waals surface area contributed by atoms with Crippen LogP contribution in [0.1, 0.15) is 29.2 Å². The molecule has 0 aliphatic carbocycles. The van der Waals surface area contributed by atoms with Crippen LogP contribution >= 0.6 is 22.7 Å². The largest absolute Gasteiger partial charge is 0.489 e. The van der Waals surface area contributed by atoms with E-state index in [9.17, 15) is 9.90 Å². The first-order valence-electron chi connectivity index (χ1n) is 8.38. The number of nitrogens with one attached hydrogen (secondary N) is 1. The summed E-state index contributed by atoms with van der Waals surface area (Å²) < 4.78 is 7.93. The molecular formula is C19H17N3O3S2. The molecule has 0 unspecified atom stereocenters. The van der Waals surface area contributed by atoms with Crippen molar-refractivity contribution >= 4 is 59.9 Å². The van der Waals surface area contributed by atoms with Gasteiger partial charge in [-0.05, 0) is 51.1 Å². The van der Waals surface area contributed by atoms with Gasteiger partial charge in [-0.2, -0.15) is 0 Å². The van der Waals surface area contributed by atoms with E-state index in [4.69, 9.17) is 9.72 Å². The number of nitrogens with zero attached hydrogens (tertiary/aromatic N) is 2. The maximum Gasteiger partial charge on any atom is 0.335 e. The Morgan fingerprint density at radius 1 is 1.19 bits per heavy atom. The number of benzene rings is 2. The van der Waals surface area contributed by atoms with Crippen LogP contribution in [0.2, 0.25) is 0 Å². The Hall–Kier alpha value is -2.71.